The van der Waals surface area contributed by atoms with Gasteiger partial charge < -0.3 is 9.80 Å². The van der Waals surface area contributed by atoms with Gasteiger partial charge in [-0.2, -0.15) is 0 Å². The summed E-state index contributed by atoms with van der Waals surface area (Å²) in [5, 5.41) is 0. The summed E-state index contributed by atoms with van der Waals surface area (Å²) < 4.78 is 0. The highest BCUT2D eigenvalue weighted by Gasteiger charge is 2.20. The Morgan fingerprint density at radius 3 is 1.28 bits per heavy atom. The van der Waals surface area contributed by atoms with Crippen LogP contribution in [0, 0.1) is 0 Å². The monoisotopic (exact) mass is 386 g/mol. The van der Waals surface area contributed by atoms with Crippen molar-refractivity contribution in [2.45, 2.75) is 6.92 Å². The lowest BCUT2D eigenvalue weighted by molar-refractivity contribution is 0.0992. The highest BCUT2D eigenvalue weighted by Crippen LogP contribution is 2.20. The number of hydrogen-bond donors (Lipinski definition) is 0. The maximum absolute atomic E-state index is 13.0. The molecular formula is C24H22N2O3. The minimum absolute atomic E-state index is 0.210. The molecule has 0 radical (unpaired) electrons. The second-order valence-electron chi connectivity index (χ2n) is 6.75. The normalized spacial score (nSPS) is 10.3. The van der Waals surface area contributed by atoms with Gasteiger partial charge in [0.05, 0.1) is 0 Å². The lowest BCUT2D eigenvalue weighted by Crippen LogP contribution is -2.29. The molecule has 0 aliphatic rings. The predicted molar refractivity (Wildman–Crippen MR) is 115 cm³/mol. The van der Waals surface area contributed by atoms with Gasteiger partial charge in [-0.1, -0.05) is 36.4 Å². The summed E-state index contributed by atoms with van der Waals surface area (Å²) >= 11 is 0. The number of anilines is 2. The van der Waals surface area contributed by atoms with E-state index >= 15 is 0 Å². The molecule has 29 heavy (non-hydrogen) atoms. The van der Waals surface area contributed by atoms with Gasteiger partial charge in [-0.05, 0) is 49.4 Å². The van der Waals surface area contributed by atoms with E-state index in [4.69, 9.17) is 0 Å². The molecule has 5 heteroatoms. The highest BCUT2D eigenvalue weighted by atomic mass is 16.2. The Labute approximate surface area is 170 Å². The van der Waals surface area contributed by atoms with Crippen molar-refractivity contribution in [1.29, 1.82) is 0 Å². The van der Waals surface area contributed by atoms with E-state index in [0.29, 0.717) is 5.56 Å². The predicted octanol–water partition coefficient (Wildman–Crippen LogP) is 4.44. The lowest BCUT2D eigenvalue weighted by atomic mass is 10.0. The lowest BCUT2D eigenvalue weighted by Gasteiger charge is -2.20. The first-order valence-corrected chi connectivity index (χ1v) is 9.20. The maximum atomic E-state index is 13.0. The van der Waals surface area contributed by atoms with Crippen molar-refractivity contribution < 1.29 is 14.4 Å². The molecule has 0 saturated carbocycles. The summed E-state index contributed by atoms with van der Waals surface area (Å²) in [5.41, 5.74) is 2.34. The van der Waals surface area contributed by atoms with Gasteiger partial charge in [0, 0.05) is 42.2 Å². The van der Waals surface area contributed by atoms with E-state index < -0.39 is 0 Å². The van der Waals surface area contributed by atoms with Crippen molar-refractivity contribution in [3.63, 3.8) is 0 Å². The van der Waals surface area contributed by atoms with Crippen LogP contribution in [0.15, 0.2) is 78.9 Å². The van der Waals surface area contributed by atoms with Crippen LogP contribution >= 0.6 is 0 Å². The Hall–Kier alpha value is -3.73. The zero-order valence-electron chi connectivity index (χ0n) is 16.6. The van der Waals surface area contributed by atoms with Gasteiger partial charge in [0.15, 0.2) is 5.78 Å². The van der Waals surface area contributed by atoms with E-state index in [0.717, 1.165) is 11.4 Å². The van der Waals surface area contributed by atoms with Crippen LogP contribution in [0.1, 0.15) is 38.0 Å². The third-order valence-corrected chi connectivity index (χ3v) is 4.73. The summed E-state index contributed by atoms with van der Waals surface area (Å²) in [6.07, 6.45) is 0. The minimum Gasteiger partial charge on any atom is -0.311 e. The van der Waals surface area contributed by atoms with Crippen molar-refractivity contribution in [2.24, 2.45) is 0 Å². The van der Waals surface area contributed by atoms with E-state index in [1.54, 1.807) is 14.1 Å². The molecule has 0 aliphatic carbocycles. The fourth-order valence-corrected chi connectivity index (χ4v) is 3.00. The van der Waals surface area contributed by atoms with E-state index in [1.807, 2.05) is 60.7 Å². The van der Waals surface area contributed by atoms with Gasteiger partial charge in [0.25, 0.3) is 11.8 Å². The van der Waals surface area contributed by atoms with E-state index in [2.05, 4.69) is 0 Å². The number of ketones is 1. The summed E-state index contributed by atoms with van der Waals surface area (Å²) in [6.45, 7) is 1.42. The van der Waals surface area contributed by atoms with Gasteiger partial charge >= 0.3 is 0 Å². The number of carbonyl (C=O) groups excluding carboxylic acids is 3. The molecule has 0 bridgehead atoms. The third-order valence-electron chi connectivity index (χ3n) is 4.73. The first kappa shape index (κ1) is 20.0. The van der Waals surface area contributed by atoms with Crippen molar-refractivity contribution in [3.05, 3.63) is 95.6 Å². The van der Waals surface area contributed by atoms with Crippen molar-refractivity contribution >= 4 is 29.0 Å². The number of carbonyl (C=O) groups is 3. The van der Waals surface area contributed by atoms with Gasteiger partial charge in [0.2, 0.25) is 0 Å². The van der Waals surface area contributed by atoms with Crippen molar-refractivity contribution in [2.75, 3.05) is 23.9 Å². The summed E-state index contributed by atoms with van der Waals surface area (Å²) in [4.78, 5) is 41.1. The molecule has 0 N–H and O–H groups in total. The summed E-state index contributed by atoms with van der Waals surface area (Å²) in [5.74, 6) is -0.801. The molecule has 0 spiro atoms. The Balaban J connectivity index is 1.99. The molecule has 146 valence electrons. The van der Waals surface area contributed by atoms with Crippen LogP contribution in [0.2, 0.25) is 0 Å². The summed E-state index contributed by atoms with van der Waals surface area (Å²) in [7, 11) is 3.32. The third kappa shape index (κ3) is 4.41. The molecule has 3 aromatic rings. The molecule has 2 amide bonds. The minimum atomic E-state index is -0.296. The van der Waals surface area contributed by atoms with Crippen LogP contribution in [0.4, 0.5) is 11.4 Å². The first-order valence-electron chi connectivity index (χ1n) is 9.20. The number of hydrogen-bond acceptors (Lipinski definition) is 3. The van der Waals surface area contributed by atoms with Crippen LogP contribution in [0.5, 0.6) is 0 Å². The summed E-state index contributed by atoms with van der Waals surface area (Å²) in [6, 6.07) is 23.0. The SMILES string of the molecule is CC(=O)c1cc(C(=O)N(C)c2ccccc2)cc(C(=O)N(C)c2ccccc2)c1. The van der Waals surface area contributed by atoms with Crippen LogP contribution in [-0.2, 0) is 0 Å². The number of benzene rings is 3. The van der Waals surface area contributed by atoms with Gasteiger partial charge in [-0.25, -0.2) is 0 Å². The zero-order valence-corrected chi connectivity index (χ0v) is 16.6. The Morgan fingerprint density at radius 1 is 0.586 bits per heavy atom. The van der Waals surface area contributed by atoms with Gasteiger partial charge in [-0.3, -0.25) is 14.4 Å². The second-order valence-corrected chi connectivity index (χ2v) is 6.75. The highest BCUT2D eigenvalue weighted by molar-refractivity contribution is 6.12. The molecule has 0 atom stereocenters. The zero-order chi connectivity index (χ0) is 21.0. The first-order chi connectivity index (χ1) is 13.9. The largest absolute Gasteiger partial charge is 0.311 e. The molecule has 3 aromatic carbocycles. The Morgan fingerprint density at radius 2 is 0.931 bits per heavy atom. The molecule has 0 fully saturated rings. The van der Waals surface area contributed by atoms with Crippen LogP contribution in [-0.4, -0.2) is 31.7 Å². The van der Waals surface area contributed by atoms with E-state index in [9.17, 15) is 14.4 Å². The molecule has 5 nitrogen and oxygen atoms in total. The maximum Gasteiger partial charge on any atom is 0.258 e. The van der Waals surface area contributed by atoms with E-state index in [-0.39, 0.29) is 28.7 Å². The van der Waals surface area contributed by atoms with Crippen LogP contribution < -0.4 is 9.80 Å². The Bertz CT molecular complexity index is 970. The average Bonchev–Trinajstić information content (AvgIpc) is 2.77. The molecule has 0 heterocycles. The molecule has 0 saturated heterocycles. The molecule has 3 rings (SSSR count). The van der Waals surface area contributed by atoms with Crippen LogP contribution in [0.3, 0.4) is 0 Å². The number of amides is 2. The Kier molecular flexibility index (Phi) is 5.88. The molecule has 0 unspecified atom stereocenters. The number of nitrogens with zero attached hydrogens (tertiary/aromatic N) is 2. The smallest absolute Gasteiger partial charge is 0.258 e. The fourth-order valence-electron chi connectivity index (χ4n) is 3.00. The number of para-hydroxylation sites is 2. The molecule has 0 aromatic heterocycles. The standard InChI is InChI=1S/C24H22N2O3/c1-17(27)18-14-19(23(28)25(2)21-10-6-4-7-11-21)16-20(15-18)24(29)26(3)22-12-8-5-9-13-22/h4-16H,1-3H3. The second kappa shape index (κ2) is 8.52. The van der Waals surface area contributed by atoms with Crippen LogP contribution in [0.25, 0.3) is 0 Å². The number of Topliss-reactive ketones (excluding diaryl/α,β-unsaturated/α-hetero) is 1. The van der Waals surface area contributed by atoms with Gasteiger partial charge in [-0.15, -0.1) is 0 Å². The van der Waals surface area contributed by atoms with Gasteiger partial charge in [0.1, 0.15) is 0 Å². The van der Waals surface area contributed by atoms with Crippen molar-refractivity contribution in [1.82, 2.24) is 0 Å². The fraction of sp³-hybridized carbons (Fsp3) is 0.125. The molecular weight excluding hydrogens is 364 g/mol. The number of rotatable bonds is 5. The average molecular weight is 386 g/mol. The topological polar surface area (TPSA) is 57.7 Å². The quantitative estimate of drug-likeness (QED) is 0.609. The molecule has 0 aliphatic heterocycles. The van der Waals surface area contributed by atoms with Crippen molar-refractivity contribution in [3.8, 4) is 0 Å². The van der Waals surface area contributed by atoms with E-state index in [1.165, 1.54) is 34.9 Å².